The number of benzene rings is 1. The Bertz CT molecular complexity index is 780. The second-order valence-corrected chi connectivity index (χ2v) is 7.67. The summed E-state index contributed by atoms with van der Waals surface area (Å²) in [5, 5.41) is 8.19. The van der Waals surface area contributed by atoms with E-state index >= 15 is 0 Å². The van der Waals surface area contributed by atoms with Gasteiger partial charge in [0.2, 0.25) is 0 Å². The van der Waals surface area contributed by atoms with Crippen LogP contribution in [0.25, 0.3) is 11.0 Å². The van der Waals surface area contributed by atoms with Crippen molar-refractivity contribution in [2.24, 2.45) is 11.8 Å². The maximum atomic E-state index is 13.3. The predicted molar refractivity (Wildman–Crippen MR) is 92.8 cm³/mol. The number of halogens is 1. The third kappa shape index (κ3) is 3.22. The van der Waals surface area contributed by atoms with E-state index in [1.165, 1.54) is 12.1 Å². The number of carbonyl (C=O) groups is 1. The molecule has 1 aromatic heterocycles. The molecule has 2 heterocycles. The van der Waals surface area contributed by atoms with Crippen molar-refractivity contribution < 1.29 is 13.7 Å². The zero-order chi connectivity index (χ0) is 17.6. The first kappa shape index (κ1) is 16.4. The first-order valence-electron chi connectivity index (χ1n) is 9.13. The largest absolute Gasteiger partial charge is 0.356 e. The van der Waals surface area contributed by atoms with Crippen molar-refractivity contribution in [3.05, 3.63) is 29.7 Å². The van der Waals surface area contributed by atoms with E-state index in [1.807, 2.05) is 4.90 Å². The van der Waals surface area contributed by atoms with Crippen molar-refractivity contribution in [3.8, 4) is 0 Å². The molecule has 1 aromatic carbocycles. The molecule has 2 fully saturated rings. The number of nitrogens with one attached hydrogen (secondary N) is 1. The minimum absolute atomic E-state index is 0.0543. The van der Waals surface area contributed by atoms with E-state index in [0.29, 0.717) is 36.6 Å². The first-order chi connectivity index (χ1) is 12.0. The van der Waals surface area contributed by atoms with Gasteiger partial charge in [0.15, 0.2) is 5.58 Å². The van der Waals surface area contributed by atoms with Gasteiger partial charge in [0.25, 0.3) is 0 Å². The zero-order valence-corrected chi connectivity index (χ0v) is 14.7. The van der Waals surface area contributed by atoms with Gasteiger partial charge in [0.1, 0.15) is 5.82 Å². The number of hydrogen-bond donors (Lipinski definition) is 1. The molecule has 1 aliphatic carbocycles. The summed E-state index contributed by atoms with van der Waals surface area (Å²) in [4.78, 5) is 14.3. The molecule has 134 valence electrons. The number of likely N-dealkylation sites (tertiary alicyclic amines) is 1. The molecule has 2 atom stereocenters. The summed E-state index contributed by atoms with van der Waals surface area (Å²) >= 11 is 0. The topological polar surface area (TPSA) is 58.4 Å². The Morgan fingerprint density at radius 1 is 1.36 bits per heavy atom. The van der Waals surface area contributed by atoms with Crippen LogP contribution in [-0.2, 0) is 0 Å². The number of nitrogens with zero attached hydrogens (tertiary/aromatic N) is 2. The van der Waals surface area contributed by atoms with Gasteiger partial charge < -0.3 is 14.7 Å². The van der Waals surface area contributed by atoms with Gasteiger partial charge in [-0.15, -0.1) is 0 Å². The first-order valence-corrected chi connectivity index (χ1v) is 9.13. The van der Waals surface area contributed by atoms with Crippen LogP contribution in [-0.4, -0.2) is 35.2 Å². The molecular formula is C19H24FN3O2. The summed E-state index contributed by atoms with van der Waals surface area (Å²) in [6, 6.07) is 4.94. The quantitative estimate of drug-likeness (QED) is 0.918. The Balaban J connectivity index is 1.35. The lowest BCUT2D eigenvalue weighted by Crippen LogP contribution is -2.45. The highest BCUT2D eigenvalue weighted by Gasteiger charge is 2.41. The number of hydrogen-bond acceptors (Lipinski definition) is 3. The number of rotatable bonds is 3. The average molecular weight is 345 g/mol. The van der Waals surface area contributed by atoms with Crippen LogP contribution in [0.5, 0.6) is 0 Å². The molecule has 6 heteroatoms. The molecule has 0 radical (unpaired) electrons. The second kappa shape index (κ2) is 6.32. The van der Waals surface area contributed by atoms with E-state index in [-0.39, 0.29) is 17.8 Å². The molecule has 2 amide bonds. The van der Waals surface area contributed by atoms with Crippen LogP contribution in [0, 0.1) is 17.7 Å². The van der Waals surface area contributed by atoms with Gasteiger partial charge in [0.05, 0.1) is 5.69 Å². The molecule has 1 saturated carbocycles. The predicted octanol–water partition coefficient (Wildman–Crippen LogP) is 3.90. The normalized spacial score (nSPS) is 24.1. The molecule has 4 rings (SSSR count). The maximum absolute atomic E-state index is 13.3. The van der Waals surface area contributed by atoms with E-state index in [9.17, 15) is 9.18 Å². The summed E-state index contributed by atoms with van der Waals surface area (Å²) < 4.78 is 18.5. The van der Waals surface area contributed by atoms with Crippen molar-refractivity contribution in [2.75, 3.05) is 13.1 Å². The standard InChI is InChI=1S/C19H24FN3O2/c1-11(2)15-10-16(15)21-19(24)23-7-5-12(6-8-23)18-14-4-3-13(20)9-17(14)25-22-18/h3-4,9,11-12,15-16H,5-8,10H2,1-2H3,(H,21,24)/t15-,16+/m0/s1. The number of fused-ring (bicyclic) bond motifs is 1. The minimum Gasteiger partial charge on any atom is -0.356 e. The van der Waals surface area contributed by atoms with Gasteiger partial charge in [-0.3, -0.25) is 0 Å². The smallest absolute Gasteiger partial charge is 0.317 e. The van der Waals surface area contributed by atoms with Crippen LogP contribution in [0.15, 0.2) is 22.7 Å². The molecule has 0 unspecified atom stereocenters. The van der Waals surface area contributed by atoms with E-state index in [4.69, 9.17) is 4.52 Å². The van der Waals surface area contributed by atoms with E-state index in [1.54, 1.807) is 6.07 Å². The summed E-state index contributed by atoms with van der Waals surface area (Å²) in [6.07, 6.45) is 2.80. The fourth-order valence-electron chi connectivity index (χ4n) is 3.95. The number of amides is 2. The van der Waals surface area contributed by atoms with Crippen LogP contribution in [0.1, 0.15) is 44.7 Å². The van der Waals surface area contributed by atoms with Crippen LogP contribution in [0.3, 0.4) is 0 Å². The monoisotopic (exact) mass is 345 g/mol. The van der Waals surface area contributed by atoms with E-state index in [2.05, 4.69) is 24.3 Å². The molecular weight excluding hydrogens is 321 g/mol. The maximum Gasteiger partial charge on any atom is 0.317 e. The number of urea groups is 1. The Morgan fingerprint density at radius 3 is 2.80 bits per heavy atom. The van der Waals surface area contributed by atoms with Crippen LogP contribution in [0.2, 0.25) is 0 Å². The summed E-state index contributed by atoms with van der Waals surface area (Å²) in [6.45, 7) is 5.84. The number of aromatic nitrogens is 1. The van der Waals surface area contributed by atoms with Crippen LogP contribution >= 0.6 is 0 Å². The molecule has 1 saturated heterocycles. The fourth-order valence-corrected chi connectivity index (χ4v) is 3.95. The molecule has 0 bridgehead atoms. The van der Waals surface area contributed by atoms with Gasteiger partial charge in [-0.25, -0.2) is 9.18 Å². The third-order valence-electron chi connectivity index (χ3n) is 5.64. The highest BCUT2D eigenvalue weighted by Crippen LogP contribution is 2.37. The second-order valence-electron chi connectivity index (χ2n) is 7.67. The van der Waals surface area contributed by atoms with Crippen molar-refractivity contribution >= 4 is 17.0 Å². The molecule has 2 aliphatic rings. The van der Waals surface area contributed by atoms with E-state index < -0.39 is 0 Å². The minimum atomic E-state index is -0.318. The third-order valence-corrected chi connectivity index (χ3v) is 5.64. The van der Waals surface area contributed by atoms with Gasteiger partial charge in [-0.05, 0) is 43.2 Å². The number of piperidine rings is 1. The van der Waals surface area contributed by atoms with Crippen molar-refractivity contribution in [3.63, 3.8) is 0 Å². The van der Waals surface area contributed by atoms with Crippen molar-refractivity contribution in [1.29, 1.82) is 0 Å². The Hall–Kier alpha value is -2.11. The highest BCUT2D eigenvalue weighted by atomic mass is 19.1. The lowest BCUT2D eigenvalue weighted by Gasteiger charge is -2.31. The van der Waals surface area contributed by atoms with Gasteiger partial charge in [-0.2, -0.15) is 0 Å². The van der Waals surface area contributed by atoms with Crippen molar-refractivity contribution in [1.82, 2.24) is 15.4 Å². The summed E-state index contributed by atoms with van der Waals surface area (Å²) in [5.74, 6) is 1.19. The summed E-state index contributed by atoms with van der Waals surface area (Å²) in [7, 11) is 0. The summed E-state index contributed by atoms with van der Waals surface area (Å²) in [5.41, 5.74) is 1.38. The molecule has 1 N–H and O–H groups in total. The molecule has 2 aromatic rings. The molecule has 1 aliphatic heterocycles. The van der Waals surface area contributed by atoms with Crippen LogP contribution < -0.4 is 5.32 Å². The average Bonchev–Trinajstić information content (AvgIpc) is 3.25. The van der Waals surface area contributed by atoms with Gasteiger partial charge >= 0.3 is 6.03 Å². The number of carbonyl (C=O) groups excluding carboxylic acids is 1. The Labute approximate surface area is 146 Å². The lowest BCUT2D eigenvalue weighted by molar-refractivity contribution is 0.179. The van der Waals surface area contributed by atoms with Crippen LogP contribution in [0.4, 0.5) is 9.18 Å². The molecule has 0 spiro atoms. The molecule has 25 heavy (non-hydrogen) atoms. The Morgan fingerprint density at radius 2 is 2.12 bits per heavy atom. The molecule has 5 nitrogen and oxygen atoms in total. The van der Waals surface area contributed by atoms with E-state index in [0.717, 1.165) is 30.3 Å². The zero-order valence-electron chi connectivity index (χ0n) is 14.7. The van der Waals surface area contributed by atoms with Gasteiger partial charge in [0, 0.05) is 36.5 Å². The SMILES string of the molecule is CC(C)[C@@H]1C[C@H]1NC(=O)N1CCC(c2noc3cc(F)ccc23)CC1. The fraction of sp³-hybridized carbons (Fsp3) is 0.579. The van der Waals surface area contributed by atoms with Crippen molar-refractivity contribution in [2.45, 2.75) is 45.1 Å². The Kier molecular flexibility index (Phi) is 4.13. The van der Waals surface area contributed by atoms with Gasteiger partial charge in [-0.1, -0.05) is 19.0 Å². The lowest BCUT2D eigenvalue weighted by atomic mass is 9.92. The highest BCUT2D eigenvalue weighted by molar-refractivity contribution is 5.80.